The molecule has 2 rings (SSSR count). The molecule has 23 heavy (non-hydrogen) atoms. The van der Waals surface area contributed by atoms with Crippen LogP contribution >= 0.6 is 0 Å². The highest BCUT2D eigenvalue weighted by Crippen LogP contribution is 2.15. The van der Waals surface area contributed by atoms with Gasteiger partial charge in [-0.25, -0.2) is 17.3 Å². The lowest BCUT2D eigenvalue weighted by molar-refractivity contribution is 0.284. The Morgan fingerprint density at radius 3 is 2.35 bits per heavy atom. The molecular weight excluding hydrogens is 346 g/mol. The second kappa shape index (κ2) is 6.74. The van der Waals surface area contributed by atoms with Crippen molar-refractivity contribution in [3.8, 4) is 5.69 Å². The molecule has 0 aliphatic rings. The number of aryl methyl sites for hydroxylation is 1. The highest BCUT2D eigenvalue weighted by atomic mass is 32.3. The molecule has 1 heterocycles. The van der Waals surface area contributed by atoms with Gasteiger partial charge < -0.3 is 0 Å². The first kappa shape index (κ1) is 17.5. The quantitative estimate of drug-likeness (QED) is 0.703. The Morgan fingerprint density at radius 2 is 1.83 bits per heavy atom. The molecule has 1 aromatic carbocycles. The number of hydrogen-bond acceptors (Lipinski definition) is 7. The zero-order chi connectivity index (χ0) is 17.1. The first-order valence-corrected chi connectivity index (χ1v) is 9.59. The smallest absolute Gasteiger partial charge is 0.264 e. The lowest BCUT2D eigenvalue weighted by Crippen LogP contribution is -2.15. The second-order valence-electron chi connectivity index (χ2n) is 4.57. The Kier molecular flexibility index (Phi) is 5.14. The monoisotopic (exact) mass is 361 g/mol. The van der Waals surface area contributed by atoms with Crippen LogP contribution in [0.5, 0.6) is 0 Å². The molecule has 2 aromatic rings. The predicted octanol–water partition coefficient (Wildman–Crippen LogP) is 0.423. The normalized spacial score (nSPS) is 12.4. The largest absolute Gasteiger partial charge is 0.397 e. The van der Waals surface area contributed by atoms with Crippen LogP contribution in [0.2, 0.25) is 0 Å². The van der Waals surface area contributed by atoms with Gasteiger partial charge in [0, 0.05) is 0 Å². The van der Waals surface area contributed by atoms with Gasteiger partial charge in [-0.2, -0.15) is 8.42 Å². The molecule has 9 nitrogen and oxygen atoms in total. The minimum absolute atomic E-state index is 0.0102. The van der Waals surface area contributed by atoms with Gasteiger partial charge in [0.25, 0.3) is 0 Å². The summed E-state index contributed by atoms with van der Waals surface area (Å²) in [4.78, 5) is 0.0102. The second-order valence-corrected chi connectivity index (χ2v) is 7.77. The van der Waals surface area contributed by atoms with E-state index in [0.29, 0.717) is 5.69 Å². The van der Waals surface area contributed by atoms with Gasteiger partial charge in [-0.15, -0.1) is 5.10 Å². The molecule has 0 atom stereocenters. The van der Waals surface area contributed by atoms with Crippen LogP contribution in [0, 0.1) is 0 Å². The number of benzene rings is 1. The van der Waals surface area contributed by atoms with E-state index in [-0.39, 0.29) is 4.90 Å². The molecule has 1 N–H and O–H groups in total. The third kappa shape index (κ3) is 4.82. The van der Waals surface area contributed by atoms with Gasteiger partial charge in [-0.3, -0.25) is 4.55 Å². The molecule has 0 spiro atoms. The van der Waals surface area contributed by atoms with E-state index in [1.54, 1.807) is 18.3 Å². The summed E-state index contributed by atoms with van der Waals surface area (Å²) in [6, 6.07) is 5.88. The van der Waals surface area contributed by atoms with Crippen molar-refractivity contribution in [1.82, 2.24) is 15.0 Å². The summed E-state index contributed by atoms with van der Waals surface area (Å²) in [5, 5.41) is 7.87. The summed E-state index contributed by atoms with van der Waals surface area (Å²) < 4.78 is 58.8. The maximum atomic E-state index is 12.0. The van der Waals surface area contributed by atoms with Gasteiger partial charge in [-0.05, 0) is 30.7 Å². The Labute approximate surface area is 133 Å². The van der Waals surface area contributed by atoms with Gasteiger partial charge in [0.1, 0.15) is 0 Å². The van der Waals surface area contributed by atoms with Crippen LogP contribution in [-0.2, 0) is 30.8 Å². The Morgan fingerprint density at radius 1 is 1.17 bits per heavy atom. The van der Waals surface area contributed by atoms with Crippen molar-refractivity contribution in [2.45, 2.75) is 18.2 Å². The number of nitrogens with zero attached hydrogens (tertiary/aromatic N) is 3. The summed E-state index contributed by atoms with van der Waals surface area (Å²) in [5.41, 5.74) is 1.45. The van der Waals surface area contributed by atoms with Crippen molar-refractivity contribution in [2.75, 3.05) is 12.4 Å². The van der Waals surface area contributed by atoms with Crippen molar-refractivity contribution < 1.29 is 25.6 Å². The lowest BCUT2D eigenvalue weighted by Gasteiger charge is -2.05. The molecule has 0 unspecified atom stereocenters. The van der Waals surface area contributed by atoms with Crippen LogP contribution < -0.4 is 0 Å². The van der Waals surface area contributed by atoms with E-state index in [9.17, 15) is 16.8 Å². The van der Waals surface area contributed by atoms with E-state index in [4.69, 9.17) is 4.55 Å². The summed E-state index contributed by atoms with van der Waals surface area (Å²) >= 11 is 0. The number of sulfone groups is 1. The van der Waals surface area contributed by atoms with Crippen LogP contribution in [0.4, 0.5) is 0 Å². The third-order valence-corrected chi connectivity index (χ3v) is 5.11. The van der Waals surface area contributed by atoms with Gasteiger partial charge in [0.05, 0.1) is 34.8 Å². The fourth-order valence-corrected chi connectivity index (χ4v) is 3.25. The van der Waals surface area contributed by atoms with Crippen molar-refractivity contribution in [3.63, 3.8) is 0 Å². The maximum absolute atomic E-state index is 12.0. The fraction of sp³-hybridized carbons (Fsp3) is 0.333. The molecule has 126 valence electrons. The molecule has 0 amide bonds. The van der Waals surface area contributed by atoms with Gasteiger partial charge in [-0.1, -0.05) is 12.1 Å². The van der Waals surface area contributed by atoms with Crippen molar-refractivity contribution in [2.24, 2.45) is 0 Å². The van der Waals surface area contributed by atoms with E-state index in [1.807, 2.05) is 6.92 Å². The molecule has 0 fully saturated rings. The number of hydrogen-bond donors (Lipinski definition) is 1. The Hall–Kier alpha value is -1.82. The van der Waals surface area contributed by atoms with Gasteiger partial charge >= 0.3 is 10.4 Å². The Bertz CT molecular complexity index is 872. The van der Waals surface area contributed by atoms with Crippen molar-refractivity contribution >= 4 is 20.2 Å². The van der Waals surface area contributed by atoms with Gasteiger partial charge in [0.2, 0.25) is 0 Å². The first-order valence-electron chi connectivity index (χ1n) is 6.57. The molecule has 1 aromatic heterocycles. The van der Waals surface area contributed by atoms with Crippen LogP contribution in [0.25, 0.3) is 5.69 Å². The summed E-state index contributed by atoms with van der Waals surface area (Å²) in [6.07, 6.45) is 2.48. The predicted molar refractivity (Wildman–Crippen MR) is 80.3 cm³/mol. The van der Waals surface area contributed by atoms with E-state index >= 15 is 0 Å². The average molecular weight is 361 g/mol. The standard InChI is InChI=1S/C12H15N3O6S2/c1-2-10-9-15(14-13-10)11-3-5-12(6-4-11)22(16,17)8-7-21-23(18,19)20/h3-6,9H,2,7-8H2,1H3,(H,18,19,20). The average Bonchev–Trinajstić information content (AvgIpc) is 2.94. The minimum Gasteiger partial charge on any atom is -0.264 e. The van der Waals surface area contributed by atoms with E-state index in [2.05, 4.69) is 14.5 Å². The van der Waals surface area contributed by atoms with Crippen LogP contribution in [0.3, 0.4) is 0 Å². The first-order chi connectivity index (χ1) is 10.7. The van der Waals surface area contributed by atoms with Crippen molar-refractivity contribution in [1.29, 1.82) is 0 Å². The van der Waals surface area contributed by atoms with Crippen LogP contribution in [0.15, 0.2) is 35.4 Å². The minimum atomic E-state index is -4.65. The fourth-order valence-electron chi connectivity index (χ4n) is 1.76. The maximum Gasteiger partial charge on any atom is 0.397 e. The zero-order valence-electron chi connectivity index (χ0n) is 12.2. The van der Waals surface area contributed by atoms with E-state index in [1.165, 1.54) is 16.8 Å². The lowest BCUT2D eigenvalue weighted by atomic mass is 10.3. The Balaban J connectivity index is 2.11. The van der Waals surface area contributed by atoms with E-state index in [0.717, 1.165) is 12.1 Å². The van der Waals surface area contributed by atoms with E-state index < -0.39 is 32.6 Å². The third-order valence-electron chi connectivity index (χ3n) is 2.95. The summed E-state index contributed by atoms with van der Waals surface area (Å²) in [6.45, 7) is 1.28. The molecule has 0 saturated heterocycles. The molecule has 0 bridgehead atoms. The summed E-state index contributed by atoms with van der Waals surface area (Å²) in [7, 11) is -8.38. The van der Waals surface area contributed by atoms with Crippen LogP contribution in [-0.4, -0.2) is 48.7 Å². The molecule has 0 aliphatic heterocycles. The number of aromatic nitrogens is 3. The summed E-state index contributed by atoms with van der Waals surface area (Å²) in [5.74, 6) is -0.574. The molecule has 0 saturated carbocycles. The highest BCUT2D eigenvalue weighted by Gasteiger charge is 2.16. The zero-order valence-corrected chi connectivity index (χ0v) is 13.8. The van der Waals surface area contributed by atoms with Gasteiger partial charge in [0.15, 0.2) is 9.84 Å². The molecule has 11 heteroatoms. The molecule has 0 radical (unpaired) electrons. The highest BCUT2D eigenvalue weighted by molar-refractivity contribution is 7.91. The molecular formula is C12H15N3O6S2. The molecule has 0 aliphatic carbocycles. The number of rotatable bonds is 7. The topological polar surface area (TPSA) is 128 Å². The van der Waals surface area contributed by atoms with Crippen molar-refractivity contribution in [3.05, 3.63) is 36.2 Å². The SMILES string of the molecule is CCc1cn(-c2ccc(S(=O)(=O)CCOS(=O)(=O)O)cc2)nn1. The van der Waals surface area contributed by atoms with Crippen LogP contribution in [0.1, 0.15) is 12.6 Å².